The van der Waals surface area contributed by atoms with Crippen molar-refractivity contribution in [3.8, 4) is 11.3 Å². The van der Waals surface area contributed by atoms with Crippen LogP contribution in [0.2, 0.25) is 5.02 Å². The van der Waals surface area contributed by atoms with E-state index >= 15 is 0 Å². The van der Waals surface area contributed by atoms with Crippen LogP contribution in [0, 0.1) is 6.92 Å². The number of nitrogens with zero attached hydrogens (tertiary/aromatic N) is 3. The number of hydrogen-bond donors (Lipinski definition) is 4. The Hall–Kier alpha value is -3.57. The Morgan fingerprint density at radius 2 is 1.82 bits per heavy atom. The van der Waals surface area contributed by atoms with Crippen molar-refractivity contribution >= 4 is 35.1 Å². The van der Waals surface area contributed by atoms with Crippen molar-refractivity contribution in [3.05, 3.63) is 70.9 Å². The molecule has 1 saturated heterocycles. The predicted octanol–water partition coefficient (Wildman–Crippen LogP) is 3.20. The molecule has 0 atom stereocenters. The maximum absolute atomic E-state index is 12.4. The molecule has 10 nitrogen and oxygen atoms in total. The van der Waals surface area contributed by atoms with E-state index < -0.39 is 0 Å². The summed E-state index contributed by atoms with van der Waals surface area (Å²) >= 11 is 6.17. The number of benzene rings is 2. The van der Waals surface area contributed by atoms with E-state index in [-0.39, 0.29) is 18.4 Å². The van der Waals surface area contributed by atoms with E-state index in [9.17, 15) is 9.59 Å². The highest BCUT2D eigenvalue weighted by atomic mass is 35.5. The number of amides is 2. The van der Waals surface area contributed by atoms with Crippen molar-refractivity contribution in [3.63, 3.8) is 0 Å². The molecule has 0 radical (unpaired) electrons. The highest BCUT2D eigenvalue weighted by Gasteiger charge is 2.13. The first-order valence-electron chi connectivity index (χ1n) is 13.5. The molecule has 212 valence electrons. The quantitative estimate of drug-likeness (QED) is 0.233. The minimum absolute atomic E-state index is 0.0820. The number of rotatable bonds is 13. The van der Waals surface area contributed by atoms with Crippen LogP contribution >= 0.6 is 11.6 Å². The highest BCUT2D eigenvalue weighted by Crippen LogP contribution is 2.21. The highest BCUT2D eigenvalue weighted by molar-refractivity contribution is 6.34. The molecule has 40 heavy (non-hydrogen) atoms. The third-order valence-electron chi connectivity index (χ3n) is 6.49. The Kier molecular flexibility index (Phi) is 11.2. The summed E-state index contributed by atoms with van der Waals surface area (Å²) < 4.78 is 5.35. The third kappa shape index (κ3) is 8.99. The summed E-state index contributed by atoms with van der Waals surface area (Å²) in [6.07, 6.45) is 2.39. The first kappa shape index (κ1) is 29.4. The number of aryl methyl sites for hydroxylation is 1. The third-order valence-corrected chi connectivity index (χ3v) is 6.80. The molecule has 2 amide bonds. The van der Waals surface area contributed by atoms with Gasteiger partial charge in [-0.25, -0.2) is 9.97 Å². The van der Waals surface area contributed by atoms with Gasteiger partial charge in [-0.1, -0.05) is 35.9 Å². The lowest BCUT2D eigenvalue weighted by molar-refractivity contribution is -0.115. The van der Waals surface area contributed by atoms with E-state index in [1.54, 1.807) is 12.3 Å². The summed E-state index contributed by atoms with van der Waals surface area (Å²) in [4.78, 5) is 35.9. The van der Waals surface area contributed by atoms with Crippen LogP contribution in [-0.4, -0.2) is 85.7 Å². The summed E-state index contributed by atoms with van der Waals surface area (Å²) in [5.74, 6) is 0.244. The SMILES string of the molecule is Cc1cccc(Cl)c1C(=O)NCCCNc1nccc(-c2ccc(NC(=O)CNCCN3CCOCC3)cc2)n1. The molecule has 1 aromatic heterocycles. The zero-order valence-electron chi connectivity index (χ0n) is 22.7. The van der Waals surface area contributed by atoms with Gasteiger partial charge in [0.25, 0.3) is 5.91 Å². The number of morpholine rings is 1. The molecule has 0 spiro atoms. The fourth-order valence-electron chi connectivity index (χ4n) is 4.30. The standard InChI is InChI=1S/C29H36ClN7O3/c1-21-4-2-5-24(30)27(21)28(39)32-11-3-12-33-29-34-13-10-25(36-29)22-6-8-23(9-7-22)35-26(38)20-31-14-15-37-16-18-40-19-17-37/h2,4-10,13,31H,3,11-12,14-20H2,1H3,(H,32,39)(H,35,38)(H,33,34,36). The molecule has 1 fully saturated rings. The van der Waals surface area contributed by atoms with Gasteiger partial charge < -0.3 is 26.0 Å². The van der Waals surface area contributed by atoms with Crippen molar-refractivity contribution in [1.29, 1.82) is 0 Å². The minimum atomic E-state index is -0.180. The average molecular weight is 566 g/mol. The lowest BCUT2D eigenvalue weighted by atomic mass is 10.1. The molecule has 3 aromatic rings. The van der Waals surface area contributed by atoms with Gasteiger partial charge in [-0.05, 0) is 43.2 Å². The van der Waals surface area contributed by atoms with Crippen LogP contribution in [0.4, 0.5) is 11.6 Å². The molecular formula is C29H36ClN7O3. The topological polar surface area (TPSA) is 121 Å². The van der Waals surface area contributed by atoms with Crippen LogP contribution in [0.1, 0.15) is 22.3 Å². The largest absolute Gasteiger partial charge is 0.379 e. The van der Waals surface area contributed by atoms with Crippen molar-refractivity contribution < 1.29 is 14.3 Å². The molecule has 0 bridgehead atoms. The van der Waals surface area contributed by atoms with E-state index in [1.165, 1.54) is 0 Å². The summed E-state index contributed by atoms with van der Waals surface area (Å²) in [6.45, 7) is 8.30. The van der Waals surface area contributed by atoms with Gasteiger partial charge in [0.2, 0.25) is 11.9 Å². The number of halogens is 1. The number of carbonyl (C=O) groups is 2. The Morgan fingerprint density at radius 1 is 1.02 bits per heavy atom. The van der Waals surface area contributed by atoms with Gasteiger partial charge in [0, 0.05) is 56.7 Å². The van der Waals surface area contributed by atoms with Crippen molar-refractivity contribution in [2.45, 2.75) is 13.3 Å². The van der Waals surface area contributed by atoms with E-state index in [4.69, 9.17) is 16.3 Å². The summed E-state index contributed by atoms with van der Waals surface area (Å²) in [7, 11) is 0. The van der Waals surface area contributed by atoms with Crippen molar-refractivity contribution in [2.24, 2.45) is 0 Å². The number of ether oxygens (including phenoxy) is 1. The number of aromatic nitrogens is 2. The fourth-order valence-corrected chi connectivity index (χ4v) is 4.60. The summed E-state index contributed by atoms with van der Waals surface area (Å²) in [5, 5.41) is 12.7. The molecular weight excluding hydrogens is 530 g/mol. The van der Waals surface area contributed by atoms with E-state index in [0.717, 1.165) is 61.9 Å². The second-order valence-corrected chi connectivity index (χ2v) is 9.90. The molecule has 4 rings (SSSR count). The van der Waals surface area contributed by atoms with Gasteiger partial charge >= 0.3 is 0 Å². The number of carbonyl (C=O) groups excluding carboxylic acids is 2. The Morgan fingerprint density at radius 3 is 2.60 bits per heavy atom. The Balaban J connectivity index is 1.17. The van der Waals surface area contributed by atoms with Crippen LogP contribution in [0.3, 0.4) is 0 Å². The first-order chi connectivity index (χ1) is 19.5. The molecule has 1 aliphatic heterocycles. The fraction of sp³-hybridized carbons (Fsp3) is 0.379. The molecule has 0 saturated carbocycles. The molecule has 4 N–H and O–H groups in total. The van der Waals surface area contributed by atoms with E-state index in [2.05, 4.69) is 36.1 Å². The van der Waals surface area contributed by atoms with Crippen LogP contribution in [0.5, 0.6) is 0 Å². The molecule has 11 heteroatoms. The summed E-state index contributed by atoms with van der Waals surface area (Å²) in [5.41, 5.74) is 3.76. The minimum Gasteiger partial charge on any atom is -0.379 e. The molecule has 0 aliphatic carbocycles. The van der Waals surface area contributed by atoms with Gasteiger partial charge in [-0.3, -0.25) is 14.5 Å². The zero-order valence-corrected chi connectivity index (χ0v) is 23.5. The lowest BCUT2D eigenvalue weighted by Crippen LogP contribution is -2.41. The summed E-state index contributed by atoms with van der Waals surface area (Å²) in [6, 6.07) is 14.8. The molecule has 2 heterocycles. The van der Waals surface area contributed by atoms with Crippen LogP contribution in [-0.2, 0) is 9.53 Å². The van der Waals surface area contributed by atoms with Gasteiger partial charge in [0.15, 0.2) is 0 Å². The number of nitrogens with one attached hydrogen (secondary N) is 4. The van der Waals surface area contributed by atoms with Gasteiger partial charge in [0.1, 0.15) is 0 Å². The predicted molar refractivity (Wildman–Crippen MR) is 158 cm³/mol. The second-order valence-electron chi connectivity index (χ2n) is 9.49. The van der Waals surface area contributed by atoms with Crippen LogP contribution in [0.15, 0.2) is 54.7 Å². The Labute approximate surface area is 239 Å². The van der Waals surface area contributed by atoms with Gasteiger partial charge in [0.05, 0.1) is 36.0 Å². The molecule has 0 unspecified atom stereocenters. The normalized spacial score (nSPS) is 13.6. The van der Waals surface area contributed by atoms with Gasteiger partial charge in [-0.15, -0.1) is 0 Å². The zero-order chi connectivity index (χ0) is 28.2. The van der Waals surface area contributed by atoms with Crippen LogP contribution in [0.25, 0.3) is 11.3 Å². The number of anilines is 2. The number of hydrogen-bond acceptors (Lipinski definition) is 8. The smallest absolute Gasteiger partial charge is 0.253 e. The van der Waals surface area contributed by atoms with Crippen molar-refractivity contribution in [2.75, 3.05) is 69.7 Å². The lowest BCUT2D eigenvalue weighted by Gasteiger charge is -2.26. The second kappa shape index (κ2) is 15.3. The monoisotopic (exact) mass is 565 g/mol. The van der Waals surface area contributed by atoms with Crippen molar-refractivity contribution in [1.82, 2.24) is 25.5 Å². The Bertz CT molecular complexity index is 1250. The van der Waals surface area contributed by atoms with Gasteiger partial charge in [-0.2, -0.15) is 0 Å². The molecule has 2 aromatic carbocycles. The maximum atomic E-state index is 12.4. The maximum Gasteiger partial charge on any atom is 0.253 e. The average Bonchev–Trinajstić information content (AvgIpc) is 2.96. The first-order valence-corrected chi connectivity index (χ1v) is 13.9. The van der Waals surface area contributed by atoms with E-state index in [0.29, 0.717) is 36.0 Å². The van der Waals surface area contributed by atoms with E-state index in [1.807, 2.05) is 49.4 Å². The molecule has 1 aliphatic rings. The van der Waals surface area contributed by atoms with Crippen LogP contribution < -0.4 is 21.3 Å².